The first-order chi connectivity index (χ1) is 14.7. The summed E-state index contributed by atoms with van der Waals surface area (Å²) in [7, 11) is -2.33. The van der Waals surface area contributed by atoms with Gasteiger partial charge in [0, 0.05) is 24.5 Å². The molecule has 31 heavy (non-hydrogen) atoms. The molecule has 0 spiro atoms. The van der Waals surface area contributed by atoms with Gasteiger partial charge in [0.1, 0.15) is 6.04 Å². The maximum Gasteiger partial charge on any atom is 0.321 e. The predicted molar refractivity (Wildman–Crippen MR) is 118 cm³/mol. The van der Waals surface area contributed by atoms with Crippen LogP contribution in [0.25, 0.3) is 11.1 Å². The Hall–Kier alpha value is -2.42. The Balaban J connectivity index is 1.61. The van der Waals surface area contributed by atoms with Gasteiger partial charge in [0.25, 0.3) is 0 Å². The average molecular weight is 465 g/mol. The van der Waals surface area contributed by atoms with Gasteiger partial charge >= 0.3 is 5.97 Å². The fourth-order valence-corrected chi connectivity index (χ4v) is 4.59. The third-order valence-corrected chi connectivity index (χ3v) is 6.97. The summed E-state index contributed by atoms with van der Waals surface area (Å²) in [5.74, 6) is -1.10. The molecular formula is C22H25ClN2O5S. The van der Waals surface area contributed by atoms with Crippen LogP contribution in [0.3, 0.4) is 0 Å². The van der Waals surface area contributed by atoms with Crippen molar-refractivity contribution in [2.45, 2.75) is 36.6 Å². The summed E-state index contributed by atoms with van der Waals surface area (Å²) in [6.45, 7) is 0.386. The van der Waals surface area contributed by atoms with Crippen LogP contribution in [-0.4, -0.2) is 49.9 Å². The lowest BCUT2D eigenvalue weighted by Crippen LogP contribution is -2.41. The second kappa shape index (κ2) is 9.80. The molecule has 0 radical (unpaired) electrons. The maximum atomic E-state index is 12.7. The molecule has 1 atom stereocenters. The molecule has 2 aromatic carbocycles. The molecular weight excluding hydrogens is 440 g/mol. The molecule has 0 heterocycles. The first-order valence-corrected chi connectivity index (χ1v) is 11.9. The zero-order valence-electron chi connectivity index (χ0n) is 17.1. The van der Waals surface area contributed by atoms with Crippen LogP contribution in [0.1, 0.15) is 25.7 Å². The van der Waals surface area contributed by atoms with E-state index < -0.39 is 22.0 Å². The highest BCUT2D eigenvalue weighted by molar-refractivity contribution is 7.89. The van der Waals surface area contributed by atoms with Crippen molar-refractivity contribution in [3.8, 4) is 11.1 Å². The van der Waals surface area contributed by atoms with Gasteiger partial charge in [-0.2, -0.15) is 4.72 Å². The lowest BCUT2D eigenvalue weighted by atomic mass is 10.1. The first kappa shape index (κ1) is 23.2. The number of hydrogen-bond donors (Lipinski definition) is 2. The molecule has 0 aromatic heterocycles. The van der Waals surface area contributed by atoms with Gasteiger partial charge in [0.2, 0.25) is 15.9 Å². The van der Waals surface area contributed by atoms with E-state index in [1.165, 1.54) is 12.1 Å². The normalized spacial score (nSPS) is 14.8. The molecule has 1 unspecified atom stereocenters. The summed E-state index contributed by atoms with van der Waals surface area (Å²) < 4.78 is 27.6. The van der Waals surface area contributed by atoms with Crippen molar-refractivity contribution in [1.29, 1.82) is 0 Å². The molecule has 1 amide bonds. The highest BCUT2D eigenvalue weighted by Crippen LogP contribution is 2.30. The third kappa shape index (κ3) is 6.29. The molecule has 3 rings (SSSR count). The number of nitrogens with zero attached hydrogens (tertiary/aromatic N) is 1. The molecule has 9 heteroatoms. The summed E-state index contributed by atoms with van der Waals surface area (Å²) >= 11 is 5.89. The zero-order valence-corrected chi connectivity index (χ0v) is 18.7. The van der Waals surface area contributed by atoms with Gasteiger partial charge in [-0.3, -0.25) is 9.59 Å². The number of rotatable bonds is 10. The van der Waals surface area contributed by atoms with Crippen molar-refractivity contribution in [1.82, 2.24) is 9.62 Å². The van der Waals surface area contributed by atoms with E-state index in [0.29, 0.717) is 18.0 Å². The monoisotopic (exact) mass is 464 g/mol. The molecule has 7 nitrogen and oxygen atoms in total. The number of carbonyl (C=O) groups excluding carboxylic acids is 1. The van der Waals surface area contributed by atoms with Gasteiger partial charge in [-0.25, -0.2) is 8.42 Å². The zero-order chi connectivity index (χ0) is 22.6. The molecule has 1 aliphatic carbocycles. The molecule has 2 aromatic rings. The standard InChI is InChI=1S/C22H25ClN2O5S/c1-25(21(26)17-4-5-17)14-2-3-20(22(27)28)24-31(29,30)19-12-8-16(9-13-19)15-6-10-18(23)11-7-15/h6-13,17,20,24H,2-5,14H2,1H3,(H,27,28). The van der Waals surface area contributed by atoms with Crippen molar-refractivity contribution < 1.29 is 23.1 Å². The van der Waals surface area contributed by atoms with Crippen LogP contribution >= 0.6 is 11.6 Å². The number of carboxylic acid groups (broad SMARTS) is 1. The van der Waals surface area contributed by atoms with Crippen molar-refractivity contribution in [2.75, 3.05) is 13.6 Å². The molecule has 0 saturated heterocycles. The fourth-order valence-electron chi connectivity index (χ4n) is 3.24. The van der Waals surface area contributed by atoms with E-state index in [2.05, 4.69) is 4.72 Å². The lowest BCUT2D eigenvalue weighted by Gasteiger charge is -2.19. The molecule has 1 aliphatic rings. The van der Waals surface area contributed by atoms with Crippen LogP contribution in [0.5, 0.6) is 0 Å². The van der Waals surface area contributed by atoms with Crippen LogP contribution in [0.4, 0.5) is 0 Å². The predicted octanol–water partition coefficient (Wildman–Crippen LogP) is 3.39. The highest BCUT2D eigenvalue weighted by Gasteiger charge is 2.32. The summed E-state index contributed by atoms with van der Waals surface area (Å²) in [5.41, 5.74) is 1.70. The Morgan fingerprint density at radius 2 is 1.65 bits per heavy atom. The van der Waals surface area contributed by atoms with E-state index in [1.54, 1.807) is 36.2 Å². The number of carboxylic acids is 1. The van der Waals surface area contributed by atoms with Crippen LogP contribution < -0.4 is 4.72 Å². The number of benzene rings is 2. The molecule has 1 fully saturated rings. The number of nitrogens with one attached hydrogen (secondary N) is 1. The van der Waals surface area contributed by atoms with Crippen molar-refractivity contribution >= 4 is 33.5 Å². The molecule has 0 aliphatic heterocycles. The largest absolute Gasteiger partial charge is 0.480 e. The average Bonchev–Trinajstić information content (AvgIpc) is 3.58. The van der Waals surface area contributed by atoms with Crippen LogP contribution in [0, 0.1) is 5.92 Å². The molecule has 166 valence electrons. The van der Waals surface area contributed by atoms with Gasteiger partial charge in [0.05, 0.1) is 4.90 Å². The summed E-state index contributed by atoms with van der Waals surface area (Å²) in [4.78, 5) is 25.1. The van der Waals surface area contributed by atoms with Crippen LogP contribution in [-0.2, 0) is 19.6 Å². The Kier molecular flexibility index (Phi) is 7.35. The first-order valence-electron chi connectivity index (χ1n) is 10.0. The van der Waals surface area contributed by atoms with Gasteiger partial charge in [-0.1, -0.05) is 35.9 Å². The van der Waals surface area contributed by atoms with Crippen molar-refractivity contribution in [3.05, 3.63) is 53.6 Å². The van der Waals surface area contributed by atoms with E-state index in [9.17, 15) is 23.1 Å². The summed E-state index contributed by atoms with van der Waals surface area (Å²) in [6.07, 6.45) is 2.26. The molecule has 1 saturated carbocycles. The Bertz CT molecular complexity index is 1030. The smallest absolute Gasteiger partial charge is 0.321 e. The number of halogens is 1. The van der Waals surface area contributed by atoms with Crippen molar-refractivity contribution in [2.24, 2.45) is 5.92 Å². The van der Waals surface area contributed by atoms with E-state index in [1.807, 2.05) is 12.1 Å². The van der Waals surface area contributed by atoms with E-state index in [0.717, 1.165) is 24.0 Å². The Labute approximate surface area is 187 Å². The SMILES string of the molecule is CN(CCCC(NS(=O)(=O)c1ccc(-c2ccc(Cl)cc2)cc1)C(=O)O)C(=O)C1CC1. The van der Waals surface area contributed by atoms with E-state index >= 15 is 0 Å². The quantitative estimate of drug-likeness (QED) is 0.561. The van der Waals surface area contributed by atoms with Gasteiger partial charge < -0.3 is 10.0 Å². The van der Waals surface area contributed by atoms with Gasteiger partial charge in [0.15, 0.2) is 0 Å². The summed E-state index contributed by atoms with van der Waals surface area (Å²) in [6, 6.07) is 12.1. The Morgan fingerprint density at radius 3 is 2.16 bits per heavy atom. The van der Waals surface area contributed by atoms with Gasteiger partial charge in [-0.15, -0.1) is 0 Å². The number of sulfonamides is 1. The minimum Gasteiger partial charge on any atom is -0.480 e. The minimum absolute atomic E-state index is 0.0162. The topological polar surface area (TPSA) is 104 Å². The fraction of sp³-hybridized carbons (Fsp3) is 0.364. The number of amides is 1. The molecule has 0 bridgehead atoms. The maximum absolute atomic E-state index is 12.7. The number of aliphatic carboxylic acids is 1. The van der Waals surface area contributed by atoms with E-state index in [4.69, 9.17) is 11.6 Å². The third-order valence-electron chi connectivity index (χ3n) is 5.23. The lowest BCUT2D eigenvalue weighted by molar-refractivity contribution is -0.139. The van der Waals surface area contributed by atoms with Gasteiger partial charge in [-0.05, 0) is 61.1 Å². The number of carbonyl (C=O) groups is 2. The van der Waals surface area contributed by atoms with Crippen molar-refractivity contribution in [3.63, 3.8) is 0 Å². The summed E-state index contributed by atoms with van der Waals surface area (Å²) in [5, 5.41) is 10.1. The van der Waals surface area contributed by atoms with Crippen LogP contribution in [0.15, 0.2) is 53.4 Å². The number of hydrogen-bond acceptors (Lipinski definition) is 4. The second-order valence-corrected chi connectivity index (χ2v) is 9.87. The second-order valence-electron chi connectivity index (χ2n) is 7.72. The van der Waals surface area contributed by atoms with Crippen LogP contribution in [0.2, 0.25) is 5.02 Å². The Morgan fingerprint density at radius 1 is 1.10 bits per heavy atom. The molecule has 2 N–H and O–H groups in total. The van der Waals surface area contributed by atoms with E-state index in [-0.39, 0.29) is 23.1 Å². The highest BCUT2D eigenvalue weighted by atomic mass is 35.5. The minimum atomic E-state index is -4.01.